The number of nitrogens with zero attached hydrogens (tertiary/aromatic N) is 3. The molecular weight excluding hydrogens is 302 g/mol. The maximum Gasteiger partial charge on any atom is 0.260 e. The molecule has 23 heavy (non-hydrogen) atoms. The largest absolute Gasteiger partial charge is 0.368 e. The van der Waals surface area contributed by atoms with Crippen LogP contribution in [0.3, 0.4) is 0 Å². The molecule has 2 aromatic heterocycles. The van der Waals surface area contributed by atoms with Crippen molar-refractivity contribution >= 4 is 17.0 Å². The maximum absolute atomic E-state index is 14.1. The molecule has 0 amide bonds. The van der Waals surface area contributed by atoms with E-state index in [1.54, 1.807) is 13.8 Å². The van der Waals surface area contributed by atoms with Crippen molar-refractivity contribution in [3.8, 4) is 11.1 Å². The number of anilines is 1. The summed E-state index contributed by atoms with van der Waals surface area (Å²) in [5, 5.41) is 0.597. The molecule has 0 radical (unpaired) electrons. The van der Waals surface area contributed by atoms with Crippen LogP contribution in [0.15, 0.2) is 29.1 Å². The standard InChI is InChI=1S/C16H14F2N4O/c1-3-22-14-11(8(2)20-16(19)21-14)7-12(15(22)23)10-5-4-9(17)6-13(10)18/h4-7H,3H2,1-2H3,(H2,19,20,21). The average Bonchev–Trinajstić information content (AvgIpc) is 2.47. The molecule has 3 rings (SSSR count). The summed E-state index contributed by atoms with van der Waals surface area (Å²) in [6.45, 7) is 3.84. The minimum absolute atomic E-state index is 0.0386. The summed E-state index contributed by atoms with van der Waals surface area (Å²) in [7, 11) is 0. The van der Waals surface area contributed by atoms with Crippen LogP contribution in [0.2, 0.25) is 0 Å². The van der Waals surface area contributed by atoms with E-state index in [9.17, 15) is 13.6 Å². The zero-order valence-electron chi connectivity index (χ0n) is 12.6. The van der Waals surface area contributed by atoms with Crippen LogP contribution in [0.25, 0.3) is 22.2 Å². The van der Waals surface area contributed by atoms with Crippen molar-refractivity contribution in [1.29, 1.82) is 0 Å². The van der Waals surface area contributed by atoms with Gasteiger partial charge in [0.1, 0.15) is 17.3 Å². The van der Waals surface area contributed by atoms with E-state index in [4.69, 9.17) is 5.73 Å². The van der Waals surface area contributed by atoms with Gasteiger partial charge < -0.3 is 5.73 Å². The zero-order chi connectivity index (χ0) is 16.7. The number of hydrogen-bond donors (Lipinski definition) is 1. The van der Waals surface area contributed by atoms with Crippen molar-refractivity contribution in [2.75, 3.05) is 5.73 Å². The normalized spacial score (nSPS) is 11.1. The van der Waals surface area contributed by atoms with Gasteiger partial charge in [0, 0.05) is 23.6 Å². The maximum atomic E-state index is 14.1. The number of fused-ring (bicyclic) bond motifs is 1. The van der Waals surface area contributed by atoms with E-state index in [0.29, 0.717) is 23.3 Å². The summed E-state index contributed by atoms with van der Waals surface area (Å²) >= 11 is 0. The Bertz CT molecular complexity index is 982. The van der Waals surface area contributed by atoms with Gasteiger partial charge in [-0.25, -0.2) is 13.8 Å². The van der Waals surface area contributed by atoms with E-state index in [1.165, 1.54) is 16.7 Å². The predicted molar refractivity (Wildman–Crippen MR) is 84.0 cm³/mol. The average molecular weight is 316 g/mol. The van der Waals surface area contributed by atoms with Gasteiger partial charge in [0.05, 0.1) is 11.3 Å². The van der Waals surface area contributed by atoms with Gasteiger partial charge in [0.25, 0.3) is 5.56 Å². The molecule has 2 N–H and O–H groups in total. The van der Waals surface area contributed by atoms with E-state index in [2.05, 4.69) is 9.97 Å². The zero-order valence-corrected chi connectivity index (χ0v) is 12.6. The number of halogens is 2. The molecular formula is C16H14F2N4O. The minimum Gasteiger partial charge on any atom is -0.368 e. The van der Waals surface area contributed by atoms with Gasteiger partial charge in [-0.15, -0.1) is 0 Å². The molecule has 7 heteroatoms. The Balaban J connectivity index is 2.43. The number of nitrogen functional groups attached to an aromatic ring is 1. The fraction of sp³-hybridized carbons (Fsp3) is 0.188. The monoisotopic (exact) mass is 316 g/mol. The molecule has 5 nitrogen and oxygen atoms in total. The van der Waals surface area contributed by atoms with Crippen molar-refractivity contribution in [1.82, 2.24) is 14.5 Å². The van der Waals surface area contributed by atoms with Gasteiger partial charge in [0.2, 0.25) is 5.95 Å². The van der Waals surface area contributed by atoms with Crippen LogP contribution in [0.4, 0.5) is 14.7 Å². The lowest BCUT2D eigenvalue weighted by molar-refractivity contribution is 0.585. The molecule has 0 fully saturated rings. The third-order valence-electron chi connectivity index (χ3n) is 3.69. The molecule has 0 spiro atoms. The Kier molecular flexibility index (Phi) is 3.55. The minimum atomic E-state index is -0.793. The highest BCUT2D eigenvalue weighted by Gasteiger charge is 2.16. The van der Waals surface area contributed by atoms with Gasteiger partial charge in [-0.05, 0) is 32.0 Å². The Hall–Kier alpha value is -2.83. The van der Waals surface area contributed by atoms with Crippen LogP contribution in [0, 0.1) is 18.6 Å². The summed E-state index contributed by atoms with van der Waals surface area (Å²) in [6.07, 6.45) is 0. The number of nitrogens with two attached hydrogens (primary N) is 1. The Morgan fingerprint density at radius 1 is 1.17 bits per heavy atom. The first-order chi connectivity index (χ1) is 10.9. The van der Waals surface area contributed by atoms with Crippen LogP contribution in [-0.4, -0.2) is 14.5 Å². The van der Waals surface area contributed by atoms with Crippen molar-refractivity contribution in [3.63, 3.8) is 0 Å². The van der Waals surface area contributed by atoms with E-state index in [0.717, 1.165) is 12.1 Å². The van der Waals surface area contributed by atoms with Gasteiger partial charge in [-0.1, -0.05) is 0 Å². The lowest BCUT2D eigenvalue weighted by atomic mass is 10.0. The van der Waals surface area contributed by atoms with Crippen molar-refractivity contribution < 1.29 is 8.78 Å². The van der Waals surface area contributed by atoms with Crippen LogP contribution in [-0.2, 0) is 6.54 Å². The molecule has 0 aliphatic rings. The second kappa shape index (κ2) is 5.42. The van der Waals surface area contributed by atoms with Crippen LogP contribution in [0.5, 0.6) is 0 Å². The number of benzene rings is 1. The summed E-state index contributed by atoms with van der Waals surface area (Å²) in [4.78, 5) is 20.9. The summed E-state index contributed by atoms with van der Waals surface area (Å²) in [6, 6.07) is 4.64. The molecule has 0 unspecified atom stereocenters. The molecule has 0 saturated carbocycles. The fourth-order valence-electron chi connectivity index (χ4n) is 2.60. The Labute approximate surface area is 130 Å². The summed E-state index contributed by atoms with van der Waals surface area (Å²) in [5.74, 6) is -1.43. The molecule has 0 aliphatic carbocycles. The third-order valence-corrected chi connectivity index (χ3v) is 3.69. The predicted octanol–water partition coefficient (Wildman–Crippen LogP) is 2.65. The molecule has 0 atom stereocenters. The molecule has 118 valence electrons. The summed E-state index contributed by atoms with van der Waals surface area (Å²) < 4.78 is 28.6. The number of aryl methyl sites for hydroxylation is 2. The Morgan fingerprint density at radius 3 is 2.57 bits per heavy atom. The number of hydrogen-bond acceptors (Lipinski definition) is 4. The first kappa shape index (κ1) is 15.1. The number of aromatic nitrogens is 3. The van der Waals surface area contributed by atoms with E-state index in [1.807, 2.05) is 0 Å². The first-order valence-electron chi connectivity index (χ1n) is 7.05. The Morgan fingerprint density at radius 2 is 1.91 bits per heavy atom. The molecule has 3 aromatic rings. The van der Waals surface area contributed by atoms with Crippen molar-refractivity contribution in [2.24, 2.45) is 0 Å². The first-order valence-corrected chi connectivity index (χ1v) is 7.05. The van der Waals surface area contributed by atoms with Gasteiger partial charge >= 0.3 is 0 Å². The smallest absolute Gasteiger partial charge is 0.260 e. The molecule has 2 heterocycles. The highest BCUT2D eigenvalue weighted by atomic mass is 19.1. The summed E-state index contributed by atoms with van der Waals surface area (Å²) in [5.41, 5.74) is 6.39. The quantitative estimate of drug-likeness (QED) is 0.789. The van der Waals surface area contributed by atoms with Gasteiger partial charge in [-0.2, -0.15) is 4.98 Å². The third kappa shape index (κ3) is 2.44. The fourth-order valence-corrected chi connectivity index (χ4v) is 2.60. The van der Waals surface area contributed by atoms with Crippen molar-refractivity contribution in [2.45, 2.75) is 20.4 Å². The molecule has 0 saturated heterocycles. The SMILES string of the molecule is CCn1c(=O)c(-c2ccc(F)cc2F)cc2c(C)nc(N)nc21. The van der Waals surface area contributed by atoms with Crippen LogP contribution < -0.4 is 11.3 Å². The van der Waals surface area contributed by atoms with E-state index in [-0.39, 0.29) is 17.1 Å². The highest BCUT2D eigenvalue weighted by molar-refractivity contribution is 5.84. The van der Waals surface area contributed by atoms with E-state index < -0.39 is 17.2 Å². The molecule has 0 bridgehead atoms. The second-order valence-corrected chi connectivity index (χ2v) is 5.14. The lowest BCUT2D eigenvalue weighted by Crippen LogP contribution is -2.23. The topological polar surface area (TPSA) is 73.8 Å². The van der Waals surface area contributed by atoms with E-state index >= 15 is 0 Å². The second-order valence-electron chi connectivity index (χ2n) is 5.14. The van der Waals surface area contributed by atoms with Crippen LogP contribution in [0.1, 0.15) is 12.6 Å². The number of rotatable bonds is 2. The molecule has 1 aromatic carbocycles. The van der Waals surface area contributed by atoms with Crippen LogP contribution >= 0.6 is 0 Å². The van der Waals surface area contributed by atoms with Crippen molar-refractivity contribution in [3.05, 3.63) is 51.9 Å². The molecule has 0 aliphatic heterocycles. The number of pyridine rings is 1. The van der Waals surface area contributed by atoms with Gasteiger partial charge in [-0.3, -0.25) is 9.36 Å². The lowest BCUT2D eigenvalue weighted by Gasteiger charge is -2.12. The van der Waals surface area contributed by atoms with Gasteiger partial charge in [0.15, 0.2) is 0 Å². The highest BCUT2D eigenvalue weighted by Crippen LogP contribution is 2.25.